The smallest absolute Gasteiger partial charge is 0.239 e. The first kappa shape index (κ1) is 24.6. The summed E-state index contributed by atoms with van der Waals surface area (Å²) in [6.45, 7) is 4.08. The highest BCUT2D eigenvalue weighted by molar-refractivity contribution is 6.42. The third-order valence-electron chi connectivity index (χ3n) is 6.05. The summed E-state index contributed by atoms with van der Waals surface area (Å²) in [5.74, 6) is 0.785. The Morgan fingerprint density at radius 1 is 0.882 bits per heavy atom. The van der Waals surface area contributed by atoms with Crippen molar-refractivity contribution >= 4 is 29.1 Å². The number of halogens is 2. The highest BCUT2D eigenvalue weighted by atomic mass is 35.5. The molecular weight excluding hydrogens is 469 g/mol. The van der Waals surface area contributed by atoms with Crippen molar-refractivity contribution in [3.63, 3.8) is 0 Å². The number of carbonyl (C=O) groups is 1. The van der Waals surface area contributed by atoms with Crippen molar-refractivity contribution in [2.75, 3.05) is 26.2 Å². The van der Waals surface area contributed by atoms with Gasteiger partial charge in [-0.25, -0.2) is 0 Å². The molecule has 0 radical (unpaired) electrons. The number of piperazine rings is 1. The molecule has 5 nitrogen and oxygen atoms in total. The molecule has 1 heterocycles. The first-order chi connectivity index (χ1) is 16.5. The lowest BCUT2D eigenvalue weighted by Crippen LogP contribution is -2.53. The number of carbonyl (C=O) groups excluding carboxylic acids is 1. The molecule has 3 aromatic rings. The van der Waals surface area contributed by atoms with Crippen LogP contribution >= 0.6 is 23.2 Å². The van der Waals surface area contributed by atoms with Crippen molar-refractivity contribution in [1.82, 2.24) is 9.80 Å². The molecule has 1 amide bonds. The largest absolute Gasteiger partial charge is 0.489 e. The Bertz CT molecular complexity index is 1080. The lowest BCUT2D eigenvalue weighted by atomic mass is 10.0. The lowest BCUT2D eigenvalue weighted by molar-refractivity contribution is -0.134. The van der Waals surface area contributed by atoms with E-state index in [9.17, 15) is 4.79 Å². The van der Waals surface area contributed by atoms with Gasteiger partial charge in [0.05, 0.1) is 16.1 Å². The van der Waals surface area contributed by atoms with Crippen molar-refractivity contribution in [3.05, 3.63) is 99.5 Å². The fraction of sp³-hybridized carbons (Fsp3) is 0.296. The fourth-order valence-electron chi connectivity index (χ4n) is 4.08. The monoisotopic (exact) mass is 497 g/mol. The molecule has 1 saturated heterocycles. The number of hydrogen-bond donors (Lipinski definition) is 1. The fourth-order valence-corrected chi connectivity index (χ4v) is 4.46. The summed E-state index contributed by atoms with van der Waals surface area (Å²) in [4.78, 5) is 17.0. The maximum absolute atomic E-state index is 12.9. The molecule has 1 aliphatic rings. The summed E-state index contributed by atoms with van der Waals surface area (Å²) in [5.41, 5.74) is 9.42. The molecule has 34 heavy (non-hydrogen) atoms. The van der Waals surface area contributed by atoms with E-state index in [1.165, 1.54) is 0 Å². The van der Waals surface area contributed by atoms with Crippen LogP contribution < -0.4 is 10.5 Å². The standard InChI is InChI=1S/C27H29Cl2N3O2/c28-24-8-4-7-22(26(24)29)18-31-13-15-32(16-14-31)27(33)25(30)17-20-9-11-23(12-10-20)34-19-21-5-2-1-3-6-21/h1-12,25H,13-19,30H2/t25-/m0/s1. The zero-order chi connectivity index (χ0) is 23.9. The molecular formula is C27H29Cl2N3O2. The van der Waals surface area contributed by atoms with E-state index in [4.69, 9.17) is 33.7 Å². The number of benzene rings is 3. The number of ether oxygens (including phenoxy) is 1. The molecule has 2 N–H and O–H groups in total. The van der Waals surface area contributed by atoms with Crippen LogP contribution in [0.25, 0.3) is 0 Å². The van der Waals surface area contributed by atoms with Crippen LogP contribution in [0.2, 0.25) is 10.0 Å². The van der Waals surface area contributed by atoms with Crippen LogP contribution in [0.4, 0.5) is 0 Å². The maximum Gasteiger partial charge on any atom is 0.239 e. The Morgan fingerprint density at radius 3 is 2.29 bits per heavy atom. The highest BCUT2D eigenvalue weighted by Crippen LogP contribution is 2.26. The van der Waals surface area contributed by atoms with Crippen LogP contribution in [0.1, 0.15) is 16.7 Å². The van der Waals surface area contributed by atoms with Gasteiger partial charge in [0.15, 0.2) is 0 Å². The third-order valence-corrected chi connectivity index (χ3v) is 6.91. The molecule has 3 aromatic carbocycles. The summed E-state index contributed by atoms with van der Waals surface area (Å²) in [6.07, 6.45) is 0.496. The van der Waals surface area contributed by atoms with Gasteiger partial charge in [0.25, 0.3) is 0 Å². The molecule has 0 aromatic heterocycles. The number of hydrogen-bond acceptors (Lipinski definition) is 4. The second-order valence-corrected chi connectivity index (χ2v) is 9.33. The van der Waals surface area contributed by atoms with Gasteiger partial charge in [-0.05, 0) is 41.3 Å². The zero-order valence-corrected chi connectivity index (χ0v) is 20.5. The number of amides is 1. The molecule has 4 rings (SSSR count). The van der Waals surface area contributed by atoms with Gasteiger partial charge in [-0.3, -0.25) is 9.69 Å². The van der Waals surface area contributed by atoms with E-state index in [0.717, 1.165) is 35.5 Å². The van der Waals surface area contributed by atoms with E-state index in [-0.39, 0.29) is 5.91 Å². The minimum absolute atomic E-state index is 0.00941. The van der Waals surface area contributed by atoms with E-state index in [0.29, 0.717) is 42.7 Å². The zero-order valence-electron chi connectivity index (χ0n) is 19.0. The minimum atomic E-state index is -0.565. The summed E-state index contributed by atoms with van der Waals surface area (Å²) in [5, 5.41) is 1.16. The average Bonchev–Trinajstić information content (AvgIpc) is 2.87. The molecule has 0 spiro atoms. The predicted molar refractivity (Wildman–Crippen MR) is 137 cm³/mol. The van der Waals surface area contributed by atoms with Crippen molar-refractivity contribution in [2.45, 2.75) is 25.6 Å². The van der Waals surface area contributed by atoms with Crippen LogP contribution in [0, 0.1) is 0 Å². The molecule has 1 aliphatic heterocycles. The van der Waals surface area contributed by atoms with Gasteiger partial charge in [-0.15, -0.1) is 0 Å². The van der Waals surface area contributed by atoms with Crippen LogP contribution in [0.3, 0.4) is 0 Å². The minimum Gasteiger partial charge on any atom is -0.489 e. The molecule has 0 aliphatic carbocycles. The van der Waals surface area contributed by atoms with E-state index < -0.39 is 6.04 Å². The maximum atomic E-state index is 12.9. The summed E-state index contributed by atoms with van der Waals surface area (Å²) in [6, 6.07) is 23.0. The van der Waals surface area contributed by atoms with Crippen molar-refractivity contribution in [3.8, 4) is 5.75 Å². The first-order valence-electron chi connectivity index (χ1n) is 11.4. The molecule has 0 saturated carbocycles. The van der Waals surface area contributed by atoms with Crippen molar-refractivity contribution in [2.24, 2.45) is 5.73 Å². The lowest BCUT2D eigenvalue weighted by Gasteiger charge is -2.36. The van der Waals surface area contributed by atoms with Gasteiger partial charge >= 0.3 is 0 Å². The summed E-state index contributed by atoms with van der Waals surface area (Å²) in [7, 11) is 0. The highest BCUT2D eigenvalue weighted by Gasteiger charge is 2.25. The molecule has 178 valence electrons. The Hall–Kier alpha value is -2.57. The van der Waals surface area contributed by atoms with Gasteiger partial charge in [-0.1, -0.05) is 77.8 Å². The Labute approximate surface area is 211 Å². The molecule has 0 unspecified atom stereocenters. The molecule has 7 heteroatoms. The number of nitrogens with two attached hydrogens (primary N) is 1. The van der Waals surface area contributed by atoms with E-state index >= 15 is 0 Å². The number of nitrogens with zero attached hydrogens (tertiary/aromatic N) is 2. The Kier molecular flexibility index (Phi) is 8.46. The Balaban J connectivity index is 1.23. The molecule has 1 atom stereocenters. The van der Waals surface area contributed by atoms with E-state index in [1.54, 1.807) is 6.07 Å². The molecule has 0 bridgehead atoms. The predicted octanol–water partition coefficient (Wildman–Crippen LogP) is 4.79. The SMILES string of the molecule is N[C@@H](Cc1ccc(OCc2ccccc2)cc1)C(=O)N1CCN(Cc2cccc(Cl)c2Cl)CC1. The second kappa shape index (κ2) is 11.7. The normalized spacial score (nSPS) is 15.2. The average molecular weight is 498 g/mol. The van der Waals surface area contributed by atoms with E-state index in [2.05, 4.69) is 4.90 Å². The van der Waals surface area contributed by atoms with Crippen LogP contribution in [0.5, 0.6) is 5.75 Å². The van der Waals surface area contributed by atoms with Crippen molar-refractivity contribution < 1.29 is 9.53 Å². The summed E-state index contributed by atoms with van der Waals surface area (Å²) >= 11 is 12.4. The summed E-state index contributed by atoms with van der Waals surface area (Å²) < 4.78 is 5.83. The van der Waals surface area contributed by atoms with Crippen LogP contribution in [-0.2, 0) is 24.4 Å². The van der Waals surface area contributed by atoms with Crippen LogP contribution in [-0.4, -0.2) is 47.9 Å². The van der Waals surface area contributed by atoms with Gasteiger partial charge in [0.2, 0.25) is 5.91 Å². The van der Waals surface area contributed by atoms with Crippen molar-refractivity contribution in [1.29, 1.82) is 0 Å². The van der Waals surface area contributed by atoms with Gasteiger partial charge in [-0.2, -0.15) is 0 Å². The first-order valence-corrected chi connectivity index (χ1v) is 12.2. The number of rotatable bonds is 8. The molecule has 1 fully saturated rings. The van der Waals surface area contributed by atoms with Gasteiger partial charge in [0, 0.05) is 32.7 Å². The second-order valence-electron chi connectivity index (χ2n) is 8.54. The topological polar surface area (TPSA) is 58.8 Å². The van der Waals surface area contributed by atoms with Crippen LogP contribution in [0.15, 0.2) is 72.8 Å². The van der Waals surface area contributed by atoms with Gasteiger partial charge < -0.3 is 15.4 Å². The third kappa shape index (κ3) is 6.51. The Morgan fingerprint density at radius 2 is 1.59 bits per heavy atom. The quantitative estimate of drug-likeness (QED) is 0.486. The van der Waals surface area contributed by atoms with E-state index in [1.807, 2.05) is 71.6 Å². The van der Waals surface area contributed by atoms with Gasteiger partial charge in [0.1, 0.15) is 12.4 Å².